The minimum Gasteiger partial charge on any atom is -0.459 e. The van der Waals surface area contributed by atoms with Crippen LogP contribution < -0.4 is 5.32 Å². The summed E-state index contributed by atoms with van der Waals surface area (Å²) in [6.45, 7) is 3.40. The second kappa shape index (κ2) is 7.04. The zero-order chi connectivity index (χ0) is 18.0. The van der Waals surface area contributed by atoms with Crippen molar-refractivity contribution in [2.75, 3.05) is 0 Å². The normalized spacial score (nSPS) is 21.3. The first kappa shape index (κ1) is 17.1. The summed E-state index contributed by atoms with van der Waals surface area (Å²) in [4.78, 5) is 28.1. The van der Waals surface area contributed by atoms with Gasteiger partial charge in [0.15, 0.2) is 0 Å². The fourth-order valence-corrected chi connectivity index (χ4v) is 3.60. The molecule has 25 heavy (non-hydrogen) atoms. The molecule has 1 fully saturated rings. The first-order chi connectivity index (χ1) is 12.0. The minimum atomic E-state index is -0.770. The maximum atomic E-state index is 12.8. The number of dihydropyridines is 1. The van der Waals surface area contributed by atoms with Gasteiger partial charge in [-0.1, -0.05) is 0 Å². The number of nitrogens with one attached hydrogen (secondary N) is 1. The number of esters is 1. The van der Waals surface area contributed by atoms with E-state index in [9.17, 15) is 14.9 Å². The Balaban J connectivity index is 2.02. The molecule has 7 heteroatoms. The molecule has 0 aromatic carbocycles. The van der Waals surface area contributed by atoms with E-state index in [1.54, 1.807) is 38.4 Å². The average Bonchev–Trinajstić information content (AvgIpc) is 3.07. The lowest BCUT2D eigenvalue weighted by molar-refractivity contribution is -0.431. The summed E-state index contributed by atoms with van der Waals surface area (Å²) >= 11 is 0. The van der Waals surface area contributed by atoms with Gasteiger partial charge in [-0.3, -0.25) is 15.1 Å². The van der Waals surface area contributed by atoms with Crippen LogP contribution in [0.2, 0.25) is 0 Å². The molecule has 1 N–H and O–H groups in total. The van der Waals surface area contributed by atoms with E-state index in [1.807, 2.05) is 0 Å². The number of hydrogen-bond donors (Lipinski definition) is 1. The number of pyridine rings is 1. The lowest BCUT2D eigenvalue weighted by Crippen LogP contribution is -2.32. The van der Waals surface area contributed by atoms with Crippen LogP contribution in [0.3, 0.4) is 0 Å². The topological polar surface area (TPSA) is 94.4 Å². The van der Waals surface area contributed by atoms with Crippen LogP contribution in [0, 0.1) is 10.1 Å². The van der Waals surface area contributed by atoms with Gasteiger partial charge in [-0.25, -0.2) is 4.79 Å². The zero-order valence-corrected chi connectivity index (χ0v) is 14.3. The van der Waals surface area contributed by atoms with Crippen molar-refractivity contribution in [1.82, 2.24) is 10.3 Å². The van der Waals surface area contributed by atoms with Crippen molar-refractivity contribution in [3.8, 4) is 0 Å². The Labute approximate surface area is 145 Å². The van der Waals surface area contributed by atoms with Crippen molar-refractivity contribution in [1.29, 1.82) is 0 Å². The fraction of sp³-hybridized carbons (Fsp3) is 0.444. The van der Waals surface area contributed by atoms with Crippen LogP contribution in [0.1, 0.15) is 51.0 Å². The van der Waals surface area contributed by atoms with Gasteiger partial charge in [0, 0.05) is 18.1 Å². The molecule has 1 atom stereocenters. The first-order valence-electron chi connectivity index (χ1n) is 8.43. The van der Waals surface area contributed by atoms with Crippen molar-refractivity contribution in [3.05, 3.63) is 62.9 Å². The van der Waals surface area contributed by atoms with Gasteiger partial charge in [0.05, 0.1) is 16.2 Å². The van der Waals surface area contributed by atoms with Crippen LogP contribution in [0.25, 0.3) is 0 Å². The Morgan fingerprint density at radius 2 is 1.88 bits per heavy atom. The van der Waals surface area contributed by atoms with Crippen LogP contribution >= 0.6 is 0 Å². The Morgan fingerprint density at radius 3 is 2.48 bits per heavy atom. The molecule has 7 nitrogen and oxygen atoms in total. The Bertz CT molecular complexity index is 749. The molecule has 1 saturated carbocycles. The van der Waals surface area contributed by atoms with E-state index in [0.717, 1.165) is 25.7 Å². The molecule has 1 aliphatic carbocycles. The summed E-state index contributed by atoms with van der Waals surface area (Å²) in [6, 6.07) is 3.39. The number of carbonyl (C=O) groups excluding carboxylic acids is 1. The highest BCUT2D eigenvalue weighted by atomic mass is 16.6. The summed E-state index contributed by atoms with van der Waals surface area (Å²) < 4.78 is 5.64. The SMILES string of the molecule is CC1=C(C(=O)OC2CCCC2)C(c2ccncc2)C([N+](=O)[O-])=C(C)N1. The molecule has 132 valence electrons. The molecule has 0 spiro atoms. The summed E-state index contributed by atoms with van der Waals surface area (Å²) in [7, 11) is 0. The smallest absolute Gasteiger partial charge is 0.337 e. The van der Waals surface area contributed by atoms with E-state index in [4.69, 9.17) is 4.74 Å². The van der Waals surface area contributed by atoms with Crippen molar-refractivity contribution >= 4 is 5.97 Å². The summed E-state index contributed by atoms with van der Waals surface area (Å²) in [5, 5.41) is 14.7. The van der Waals surface area contributed by atoms with Crippen LogP contribution in [0.15, 0.2) is 47.2 Å². The monoisotopic (exact) mass is 343 g/mol. The molecule has 2 aliphatic rings. The second-order valence-electron chi connectivity index (χ2n) is 6.46. The van der Waals surface area contributed by atoms with Gasteiger partial charge in [-0.2, -0.15) is 0 Å². The number of carbonyl (C=O) groups is 1. The van der Waals surface area contributed by atoms with E-state index < -0.39 is 16.8 Å². The Morgan fingerprint density at radius 1 is 1.24 bits per heavy atom. The van der Waals surface area contributed by atoms with Crippen LogP contribution in [0.5, 0.6) is 0 Å². The van der Waals surface area contributed by atoms with E-state index in [0.29, 0.717) is 22.5 Å². The highest BCUT2D eigenvalue weighted by Crippen LogP contribution is 2.39. The average molecular weight is 343 g/mol. The fourth-order valence-electron chi connectivity index (χ4n) is 3.60. The number of nitro groups is 1. The van der Waals surface area contributed by atoms with E-state index in [2.05, 4.69) is 10.3 Å². The molecule has 1 aromatic heterocycles. The molecule has 1 aromatic rings. The summed E-state index contributed by atoms with van der Waals surface area (Å²) in [5.74, 6) is -1.25. The number of allylic oxidation sites excluding steroid dienone is 3. The molecule has 0 saturated heterocycles. The van der Waals surface area contributed by atoms with Gasteiger partial charge in [0.25, 0.3) is 5.70 Å². The van der Waals surface area contributed by atoms with Gasteiger partial charge >= 0.3 is 5.97 Å². The standard InChI is InChI=1S/C18H21N3O4/c1-11-15(18(22)25-14-5-3-4-6-14)16(13-7-9-19-10-8-13)17(21(23)24)12(2)20-11/h7-10,14,16,20H,3-6H2,1-2H3. The number of aromatic nitrogens is 1. The predicted octanol–water partition coefficient (Wildman–Crippen LogP) is 3.04. The molecule has 1 unspecified atom stereocenters. The third-order valence-electron chi connectivity index (χ3n) is 4.76. The van der Waals surface area contributed by atoms with Crippen molar-refractivity contribution < 1.29 is 14.5 Å². The molecular formula is C18H21N3O4. The molecule has 0 bridgehead atoms. The maximum Gasteiger partial charge on any atom is 0.337 e. The van der Waals surface area contributed by atoms with Crippen LogP contribution in [-0.4, -0.2) is 22.0 Å². The zero-order valence-electron chi connectivity index (χ0n) is 14.3. The maximum absolute atomic E-state index is 12.8. The number of hydrogen-bond acceptors (Lipinski definition) is 6. The quantitative estimate of drug-likeness (QED) is 0.513. The molecule has 0 radical (unpaired) electrons. The Hall–Kier alpha value is -2.70. The Kier molecular flexibility index (Phi) is 4.83. The second-order valence-corrected chi connectivity index (χ2v) is 6.46. The van der Waals surface area contributed by atoms with E-state index in [1.165, 1.54) is 0 Å². The highest BCUT2D eigenvalue weighted by Gasteiger charge is 2.41. The van der Waals surface area contributed by atoms with Crippen molar-refractivity contribution in [3.63, 3.8) is 0 Å². The number of rotatable bonds is 4. The molecular weight excluding hydrogens is 322 g/mol. The lowest BCUT2D eigenvalue weighted by atomic mass is 9.84. The third kappa shape index (κ3) is 3.40. The minimum absolute atomic E-state index is 0.0322. The highest BCUT2D eigenvalue weighted by molar-refractivity contribution is 5.92. The summed E-state index contributed by atoms with van der Waals surface area (Å²) in [5.41, 5.74) is 1.94. The predicted molar refractivity (Wildman–Crippen MR) is 90.9 cm³/mol. The van der Waals surface area contributed by atoms with Gasteiger partial charge in [0.2, 0.25) is 0 Å². The third-order valence-corrected chi connectivity index (χ3v) is 4.76. The van der Waals surface area contributed by atoms with Gasteiger partial charge in [0.1, 0.15) is 12.0 Å². The first-order valence-corrected chi connectivity index (χ1v) is 8.43. The van der Waals surface area contributed by atoms with Crippen molar-refractivity contribution in [2.24, 2.45) is 0 Å². The molecule has 0 amide bonds. The molecule has 2 heterocycles. The van der Waals surface area contributed by atoms with Gasteiger partial charge in [-0.15, -0.1) is 0 Å². The van der Waals surface area contributed by atoms with E-state index >= 15 is 0 Å². The lowest BCUT2D eigenvalue weighted by Gasteiger charge is -2.27. The van der Waals surface area contributed by atoms with Gasteiger partial charge in [-0.05, 0) is 57.2 Å². The van der Waals surface area contributed by atoms with Gasteiger partial charge < -0.3 is 10.1 Å². The molecule has 1 aliphatic heterocycles. The van der Waals surface area contributed by atoms with E-state index in [-0.39, 0.29) is 11.8 Å². The number of ether oxygens (including phenoxy) is 1. The van der Waals surface area contributed by atoms with Crippen LogP contribution in [-0.2, 0) is 9.53 Å². The largest absolute Gasteiger partial charge is 0.459 e. The van der Waals surface area contributed by atoms with Crippen LogP contribution in [0.4, 0.5) is 0 Å². The van der Waals surface area contributed by atoms with Crippen molar-refractivity contribution in [2.45, 2.75) is 51.6 Å². The number of nitrogens with zero attached hydrogens (tertiary/aromatic N) is 2. The summed E-state index contributed by atoms with van der Waals surface area (Å²) in [6.07, 6.45) is 6.82. The molecule has 3 rings (SSSR count).